The second kappa shape index (κ2) is 9.94. The zero-order valence-corrected chi connectivity index (χ0v) is 20.3. The Morgan fingerprint density at radius 3 is 2.66 bits per heavy atom. The van der Waals surface area contributed by atoms with Gasteiger partial charge in [-0.15, -0.1) is 0 Å². The summed E-state index contributed by atoms with van der Waals surface area (Å²) in [5.74, 6) is 0.107. The van der Waals surface area contributed by atoms with Crippen LogP contribution in [0.3, 0.4) is 0 Å². The summed E-state index contributed by atoms with van der Waals surface area (Å²) in [6.45, 7) is 2.16. The highest BCUT2D eigenvalue weighted by atomic mass is 35.5. The van der Waals surface area contributed by atoms with Crippen LogP contribution in [0.1, 0.15) is 16.7 Å². The van der Waals surface area contributed by atoms with Crippen LogP contribution >= 0.6 is 23.4 Å². The van der Waals surface area contributed by atoms with Gasteiger partial charge >= 0.3 is 0 Å². The molecule has 0 unspecified atom stereocenters. The van der Waals surface area contributed by atoms with Crippen LogP contribution in [-0.4, -0.2) is 11.1 Å². The topological polar surface area (TPSA) is 50.7 Å². The van der Waals surface area contributed by atoms with Crippen LogP contribution in [0.2, 0.25) is 5.02 Å². The van der Waals surface area contributed by atoms with Crippen molar-refractivity contribution in [2.75, 3.05) is 0 Å². The molecular weight excluding hydrogens is 483 g/mol. The second-order valence-electron chi connectivity index (χ2n) is 7.98. The van der Waals surface area contributed by atoms with Gasteiger partial charge < -0.3 is 10.1 Å². The van der Waals surface area contributed by atoms with E-state index in [0.717, 1.165) is 27.5 Å². The smallest absolute Gasteiger partial charge is 0.264 e. The molecule has 0 atom stereocenters. The van der Waals surface area contributed by atoms with Gasteiger partial charge in [-0.2, -0.15) is 0 Å². The molecule has 174 valence electrons. The summed E-state index contributed by atoms with van der Waals surface area (Å²) < 4.78 is 19.4. The number of aliphatic imine (C=N–C) groups is 1. The molecule has 1 heterocycles. The van der Waals surface area contributed by atoms with Crippen LogP contribution in [-0.2, 0) is 11.4 Å². The molecule has 0 aliphatic carbocycles. The summed E-state index contributed by atoms with van der Waals surface area (Å²) in [5, 5.41) is 5.93. The average Bonchev–Trinajstić information content (AvgIpc) is 3.21. The molecule has 1 fully saturated rings. The second-order valence-corrected chi connectivity index (χ2v) is 9.42. The maximum Gasteiger partial charge on any atom is 0.264 e. The third-order valence-corrected chi connectivity index (χ3v) is 6.95. The molecular formula is C28H20ClFN2O2S. The number of rotatable bonds is 5. The van der Waals surface area contributed by atoms with Crippen LogP contribution in [0, 0.1) is 12.7 Å². The summed E-state index contributed by atoms with van der Waals surface area (Å²) >= 11 is 7.48. The number of hydrogen-bond acceptors (Lipinski definition) is 4. The summed E-state index contributed by atoms with van der Waals surface area (Å²) in [4.78, 5) is 17.9. The molecule has 0 saturated carbocycles. The fourth-order valence-corrected chi connectivity index (χ4v) is 4.72. The number of amides is 1. The molecule has 4 nitrogen and oxygen atoms in total. The fourth-order valence-electron chi connectivity index (χ4n) is 3.73. The van der Waals surface area contributed by atoms with E-state index >= 15 is 0 Å². The number of benzene rings is 4. The van der Waals surface area contributed by atoms with Gasteiger partial charge in [0.25, 0.3) is 5.91 Å². The van der Waals surface area contributed by atoms with E-state index in [0.29, 0.717) is 26.5 Å². The molecule has 1 amide bonds. The molecule has 0 radical (unpaired) electrons. The number of nitrogens with zero attached hydrogens (tertiary/aromatic N) is 1. The molecule has 1 aliphatic heterocycles. The van der Waals surface area contributed by atoms with Gasteiger partial charge in [-0.25, -0.2) is 9.38 Å². The molecule has 4 aromatic carbocycles. The molecule has 1 N–H and O–H groups in total. The molecule has 0 bridgehead atoms. The Kier molecular flexibility index (Phi) is 6.57. The molecule has 5 rings (SSSR count). The Balaban J connectivity index is 1.49. The van der Waals surface area contributed by atoms with E-state index in [9.17, 15) is 9.18 Å². The molecule has 0 spiro atoms. The van der Waals surface area contributed by atoms with Crippen molar-refractivity contribution in [3.63, 3.8) is 0 Å². The maximum atomic E-state index is 13.3. The lowest BCUT2D eigenvalue weighted by molar-refractivity contribution is -0.115. The molecule has 4 aromatic rings. The van der Waals surface area contributed by atoms with E-state index in [1.165, 1.54) is 23.9 Å². The average molecular weight is 503 g/mol. The minimum Gasteiger partial charge on any atom is -0.488 e. The third-order valence-electron chi connectivity index (χ3n) is 5.63. The number of carbonyl (C=O) groups excluding carboxylic acids is 1. The number of fused-ring (bicyclic) bond motifs is 1. The summed E-state index contributed by atoms with van der Waals surface area (Å²) in [6, 6.07) is 23.5. The lowest BCUT2D eigenvalue weighted by Gasteiger charge is -2.12. The number of nitrogens with one attached hydrogen (secondary N) is 1. The Morgan fingerprint density at radius 2 is 1.83 bits per heavy atom. The minimum atomic E-state index is -0.292. The van der Waals surface area contributed by atoms with Crippen LogP contribution in [0.4, 0.5) is 10.1 Å². The van der Waals surface area contributed by atoms with Gasteiger partial charge in [0, 0.05) is 10.6 Å². The van der Waals surface area contributed by atoms with E-state index in [4.69, 9.17) is 16.3 Å². The normalized spacial score (nSPS) is 15.7. The van der Waals surface area contributed by atoms with Crippen molar-refractivity contribution in [3.05, 3.63) is 111 Å². The maximum absolute atomic E-state index is 13.3. The monoisotopic (exact) mass is 502 g/mol. The minimum absolute atomic E-state index is 0.231. The Morgan fingerprint density at radius 1 is 1.03 bits per heavy atom. The van der Waals surface area contributed by atoms with Crippen LogP contribution < -0.4 is 10.1 Å². The summed E-state index contributed by atoms with van der Waals surface area (Å²) in [7, 11) is 0. The van der Waals surface area contributed by atoms with Gasteiger partial charge in [0.1, 0.15) is 18.2 Å². The first-order valence-corrected chi connectivity index (χ1v) is 12.1. The van der Waals surface area contributed by atoms with Crippen molar-refractivity contribution < 1.29 is 13.9 Å². The zero-order valence-electron chi connectivity index (χ0n) is 18.7. The Bertz CT molecular complexity index is 1500. The van der Waals surface area contributed by atoms with Crippen LogP contribution in [0.15, 0.2) is 88.8 Å². The van der Waals surface area contributed by atoms with E-state index in [-0.39, 0.29) is 18.3 Å². The van der Waals surface area contributed by atoms with E-state index in [1.807, 2.05) is 61.5 Å². The number of carbonyl (C=O) groups is 1. The highest BCUT2D eigenvalue weighted by molar-refractivity contribution is 8.18. The van der Waals surface area contributed by atoms with Gasteiger partial charge in [0.05, 0.1) is 10.6 Å². The lowest BCUT2D eigenvalue weighted by Crippen LogP contribution is -2.19. The Labute approximate surface area is 211 Å². The quantitative estimate of drug-likeness (QED) is 0.289. The van der Waals surface area contributed by atoms with E-state index in [2.05, 4.69) is 10.3 Å². The largest absolute Gasteiger partial charge is 0.488 e. The molecule has 1 aliphatic rings. The number of amidine groups is 1. The van der Waals surface area contributed by atoms with Gasteiger partial charge in [-0.1, -0.05) is 60.1 Å². The van der Waals surface area contributed by atoms with Crippen molar-refractivity contribution in [2.24, 2.45) is 4.99 Å². The van der Waals surface area contributed by atoms with Gasteiger partial charge in [-0.05, 0) is 77.0 Å². The van der Waals surface area contributed by atoms with Crippen molar-refractivity contribution in [2.45, 2.75) is 13.5 Å². The van der Waals surface area contributed by atoms with Crippen molar-refractivity contribution in [1.29, 1.82) is 0 Å². The number of halogens is 2. The summed E-state index contributed by atoms with van der Waals surface area (Å²) in [5.41, 5.74) is 3.19. The molecule has 7 heteroatoms. The number of hydrogen-bond donors (Lipinski definition) is 1. The fraction of sp³-hybridized carbons (Fsp3) is 0.0714. The van der Waals surface area contributed by atoms with E-state index in [1.54, 1.807) is 18.2 Å². The predicted molar refractivity (Wildman–Crippen MR) is 142 cm³/mol. The first kappa shape index (κ1) is 23.1. The third kappa shape index (κ3) is 5.09. The summed E-state index contributed by atoms with van der Waals surface area (Å²) in [6.07, 6.45) is 1.83. The van der Waals surface area contributed by atoms with Crippen molar-refractivity contribution >= 4 is 57.0 Å². The van der Waals surface area contributed by atoms with Crippen molar-refractivity contribution in [3.8, 4) is 5.75 Å². The van der Waals surface area contributed by atoms with Gasteiger partial charge in [-0.3, -0.25) is 4.79 Å². The number of thioether (sulfide) groups is 1. The first-order chi connectivity index (χ1) is 17.0. The van der Waals surface area contributed by atoms with Crippen LogP contribution in [0.25, 0.3) is 16.8 Å². The van der Waals surface area contributed by atoms with Gasteiger partial charge in [0.15, 0.2) is 5.17 Å². The number of ether oxygens (including phenoxy) is 1. The highest BCUT2D eigenvalue weighted by Crippen LogP contribution is 2.35. The molecule has 0 aromatic heterocycles. The SMILES string of the molecule is Cc1c(Cl)cccc1N=C1NC(=O)/C(=C\c2c(OCc3ccc(F)cc3)ccc3ccccc23)S1. The van der Waals surface area contributed by atoms with E-state index < -0.39 is 0 Å². The van der Waals surface area contributed by atoms with Crippen LogP contribution in [0.5, 0.6) is 5.75 Å². The standard InChI is InChI=1S/C28H20ClFN2O2S/c1-17-23(29)7-4-8-24(17)31-28-32-27(33)26(35-28)15-22-21-6-3-2-5-19(21)11-14-25(22)34-16-18-9-12-20(30)13-10-18/h2-15H,16H2,1H3,(H,31,32,33)/b26-15+. The van der Waals surface area contributed by atoms with Crippen molar-refractivity contribution in [1.82, 2.24) is 5.32 Å². The first-order valence-electron chi connectivity index (χ1n) is 10.9. The predicted octanol–water partition coefficient (Wildman–Crippen LogP) is 7.41. The highest BCUT2D eigenvalue weighted by Gasteiger charge is 2.25. The Hall–Kier alpha value is -3.61. The zero-order chi connectivity index (χ0) is 24.4. The molecule has 35 heavy (non-hydrogen) atoms. The lowest BCUT2D eigenvalue weighted by atomic mass is 10.0. The molecule has 1 saturated heterocycles. The van der Waals surface area contributed by atoms with Gasteiger partial charge in [0.2, 0.25) is 0 Å².